The van der Waals surface area contributed by atoms with Crippen LogP contribution in [-0.2, 0) is 24.5 Å². The van der Waals surface area contributed by atoms with Crippen LogP contribution in [0.4, 0.5) is 0 Å². The van der Waals surface area contributed by atoms with Crippen LogP contribution in [0.3, 0.4) is 0 Å². The monoisotopic (exact) mass is 524 g/mol. The van der Waals surface area contributed by atoms with Crippen molar-refractivity contribution in [3.63, 3.8) is 0 Å². The highest BCUT2D eigenvalue weighted by atomic mass is 16.6. The third-order valence-corrected chi connectivity index (χ3v) is 6.27. The molecule has 0 saturated carbocycles. The quantitative estimate of drug-likeness (QED) is 0.247. The zero-order chi connectivity index (χ0) is 28.3. The summed E-state index contributed by atoms with van der Waals surface area (Å²) < 4.78 is 21.7. The molecule has 0 heterocycles. The van der Waals surface area contributed by atoms with Crippen LogP contribution in [-0.4, -0.2) is 49.6 Å². The number of rotatable bonds is 15. The molecular weight excluding hydrogens is 484 g/mol. The number of carbonyl (C=O) groups is 2. The van der Waals surface area contributed by atoms with Gasteiger partial charge < -0.3 is 24.1 Å². The molecule has 2 rings (SSSR count). The first kappa shape index (κ1) is 30.6. The average Bonchev–Trinajstić information content (AvgIpc) is 2.92. The lowest BCUT2D eigenvalue weighted by Gasteiger charge is -2.30. The van der Waals surface area contributed by atoms with Crippen molar-refractivity contribution in [2.45, 2.75) is 52.6 Å². The molecule has 0 radical (unpaired) electrons. The zero-order valence-corrected chi connectivity index (χ0v) is 23.1. The molecule has 0 aliphatic heterocycles. The smallest absolute Gasteiger partial charge is 0.333 e. The molecule has 7 heteroatoms. The summed E-state index contributed by atoms with van der Waals surface area (Å²) in [7, 11) is 0. The van der Waals surface area contributed by atoms with Gasteiger partial charge in [-0.05, 0) is 55.7 Å². The fraction of sp³-hybridized carbons (Fsp3) is 0.419. The fourth-order valence-corrected chi connectivity index (χ4v) is 3.58. The summed E-state index contributed by atoms with van der Waals surface area (Å²) in [6, 6.07) is 15.8. The van der Waals surface area contributed by atoms with Crippen LogP contribution < -0.4 is 9.47 Å². The Labute approximate surface area is 226 Å². The largest absolute Gasteiger partial charge is 0.493 e. The van der Waals surface area contributed by atoms with E-state index in [1.165, 1.54) is 0 Å². The number of esters is 2. The van der Waals surface area contributed by atoms with Gasteiger partial charge in [0, 0.05) is 22.5 Å². The van der Waals surface area contributed by atoms with Crippen molar-refractivity contribution in [1.82, 2.24) is 0 Å². The Morgan fingerprint density at radius 3 is 1.63 bits per heavy atom. The zero-order valence-electron chi connectivity index (χ0n) is 23.1. The fourth-order valence-electron chi connectivity index (χ4n) is 3.58. The highest BCUT2D eigenvalue weighted by molar-refractivity contribution is 5.87. The molecule has 0 aliphatic carbocycles. The number of aliphatic hydroxyl groups excluding tert-OH is 1. The number of carbonyl (C=O) groups excluding carboxylic acids is 2. The van der Waals surface area contributed by atoms with E-state index < -0.39 is 12.1 Å². The predicted molar refractivity (Wildman–Crippen MR) is 147 cm³/mol. The number of aliphatic hydroxyl groups is 1. The van der Waals surface area contributed by atoms with Gasteiger partial charge in [-0.2, -0.15) is 0 Å². The third kappa shape index (κ3) is 9.06. The van der Waals surface area contributed by atoms with Gasteiger partial charge in [0.25, 0.3) is 0 Å². The Kier molecular flexibility index (Phi) is 11.6. The minimum absolute atomic E-state index is 0.00424. The second kappa shape index (κ2) is 14.4. The first-order valence-corrected chi connectivity index (χ1v) is 12.8. The van der Waals surface area contributed by atoms with E-state index in [0.717, 1.165) is 23.3 Å². The Morgan fingerprint density at radius 2 is 1.21 bits per heavy atom. The summed E-state index contributed by atoms with van der Waals surface area (Å²) in [6.07, 6.45) is -0.0559. The van der Waals surface area contributed by atoms with E-state index in [0.29, 0.717) is 17.9 Å². The summed E-state index contributed by atoms with van der Waals surface area (Å²) in [6.45, 7) is 17.1. The molecule has 0 bridgehead atoms. The van der Waals surface area contributed by atoms with Gasteiger partial charge in [0.05, 0.1) is 13.2 Å². The third-order valence-electron chi connectivity index (χ3n) is 6.27. The lowest BCUT2D eigenvalue weighted by Crippen LogP contribution is -2.25. The number of hydrogen-bond donors (Lipinski definition) is 1. The van der Waals surface area contributed by atoms with Gasteiger partial charge in [0.15, 0.2) is 0 Å². The summed E-state index contributed by atoms with van der Waals surface area (Å²) in [4.78, 5) is 23.0. The molecule has 0 aliphatic rings. The number of hydrogen-bond acceptors (Lipinski definition) is 7. The van der Waals surface area contributed by atoms with Gasteiger partial charge in [-0.1, -0.05) is 58.2 Å². The van der Waals surface area contributed by atoms with E-state index >= 15 is 0 Å². The Bertz CT molecular complexity index is 1000. The van der Waals surface area contributed by atoms with E-state index in [-0.39, 0.29) is 42.7 Å². The van der Waals surface area contributed by atoms with Crippen LogP contribution in [0, 0.1) is 5.92 Å². The first-order chi connectivity index (χ1) is 18.0. The van der Waals surface area contributed by atoms with E-state index in [9.17, 15) is 14.7 Å². The maximum absolute atomic E-state index is 11.5. The molecule has 0 saturated heterocycles. The highest BCUT2D eigenvalue weighted by Gasteiger charge is 2.27. The van der Waals surface area contributed by atoms with Gasteiger partial charge in [-0.3, -0.25) is 0 Å². The Morgan fingerprint density at radius 1 is 0.789 bits per heavy atom. The van der Waals surface area contributed by atoms with E-state index in [1.807, 2.05) is 43.3 Å². The van der Waals surface area contributed by atoms with E-state index in [2.05, 4.69) is 39.1 Å². The molecule has 2 aromatic carbocycles. The molecule has 3 atom stereocenters. The summed E-state index contributed by atoms with van der Waals surface area (Å²) in [5.41, 5.74) is 2.72. The normalized spacial score (nSPS) is 13.9. The maximum atomic E-state index is 11.5. The minimum Gasteiger partial charge on any atom is -0.493 e. The Balaban J connectivity index is 1.94. The molecular formula is C31H40O7. The Hall–Kier alpha value is -3.58. The number of benzene rings is 2. The standard InChI is InChI=1S/C31H40O7/c1-8-31(7,24-9-13-27(14-10-24)35-17-23(6)18-37-29(33)21(2)3)25-11-15-28(16-12-25)36-19-26(32)20-38-30(34)22(4)5/h9-16,23,26,32H,2,4,8,17-20H2,1,3,5-7H3. The molecule has 206 valence electrons. The highest BCUT2D eigenvalue weighted by Crippen LogP contribution is 2.36. The summed E-state index contributed by atoms with van der Waals surface area (Å²) in [5, 5.41) is 10.0. The predicted octanol–water partition coefficient (Wildman–Crippen LogP) is 5.40. The van der Waals surface area contributed by atoms with Crippen LogP contribution in [0.25, 0.3) is 0 Å². The van der Waals surface area contributed by atoms with Crippen molar-refractivity contribution in [3.8, 4) is 11.5 Å². The van der Waals surface area contributed by atoms with Crippen LogP contribution in [0.1, 0.15) is 52.2 Å². The summed E-state index contributed by atoms with van der Waals surface area (Å²) in [5.74, 6) is 0.486. The van der Waals surface area contributed by atoms with Crippen molar-refractivity contribution in [3.05, 3.63) is 84.0 Å². The van der Waals surface area contributed by atoms with Crippen LogP contribution >= 0.6 is 0 Å². The molecule has 2 aromatic rings. The van der Waals surface area contributed by atoms with Crippen molar-refractivity contribution in [1.29, 1.82) is 0 Å². The molecule has 1 N–H and O–H groups in total. The van der Waals surface area contributed by atoms with Crippen molar-refractivity contribution < 1.29 is 33.6 Å². The molecule has 0 spiro atoms. The molecule has 0 aromatic heterocycles. The number of ether oxygens (including phenoxy) is 4. The van der Waals surface area contributed by atoms with Crippen LogP contribution in [0.5, 0.6) is 11.5 Å². The minimum atomic E-state index is -0.936. The average molecular weight is 525 g/mol. The first-order valence-electron chi connectivity index (χ1n) is 12.8. The van der Waals surface area contributed by atoms with Crippen LogP contribution in [0.2, 0.25) is 0 Å². The van der Waals surface area contributed by atoms with Gasteiger partial charge in [0.1, 0.15) is 30.8 Å². The molecule has 3 unspecified atom stereocenters. The molecule has 7 nitrogen and oxygen atoms in total. The molecule has 38 heavy (non-hydrogen) atoms. The van der Waals surface area contributed by atoms with Gasteiger partial charge in [-0.25, -0.2) is 9.59 Å². The lowest BCUT2D eigenvalue weighted by atomic mass is 9.74. The van der Waals surface area contributed by atoms with Crippen LogP contribution in [0.15, 0.2) is 72.8 Å². The summed E-state index contributed by atoms with van der Waals surface area (Å²) >= 11 is 0. The topological polar surface area (TPSA) is 91.3 Å². The SMILES string of the molecule is C=C(C)C(=O)OCC(C)COc1ccc(C(C)(CC)c2ccc(OCC(O)COC(=O)C(=C)C)cc2)cc1. The maximum Gasteiger partial charge on any atom is 0.333 e. The van der Waals surface area contributed by atoms with Crippen molar-refractivity contribution in [2.75, 3.05) is 26.4 Å². The van der Waals surface area contributed by atoms with Crippen molar-refractivity contribution >= 4 is 11.9 Å². The van der Waals surface area contributed by atoms with E-state index in [4.69, 9.17) is 18.9 Å². The second-order valence-corrected chi connectivity index (χ2v) is 9.87. The second-order valence-electron chi connectivity index (χ2n) is 9.87. The van der Waals surface area contributed by atoms with E-state index in [1.54, 1.807) is 13.8 Å². The van der Waals surface area contributed by atoms with Crippen molar-refractivity contribution in [2.24, 2.45) is 5.92 Å². The molecule has 0 fully saturated rings. The van der Waals surface area contributed by atoms with Gasteiger partial charge in [0.2, 0.25) is 0 Å². The van der Waals surface area contributed by atoms with Gasteiger partial charge >= 0.3 is 11.9 Å². The van der Waals surface area contributed by atoms with Gasteiger partial charge in [-0.15, -0.1) is 0 Å². The molecule has 0 amide bonds. The lowest BCUT2D eigenvalue weighted by molar-refractivity contribution is -0.142.